The number of carbonyl (C=O) groups is 1. The molecule has 0 spiro atoms. The van der Waals surface area contributed by atoms with Gasteiger partial charge in [0.25, 0.3) is 0 Å². The molecule has 1 saturated carbocycles. The highest BCUT2D eigenvalue weighted by molar-refractivity contribution is 5.79. The van der Waals surface area contributed by atoms with Crippen LogP contribution in [0.1, 0.15) is 57.4 Å². The van der Waals surface area contributed by atoms with Crippen molar-refractivity contribution in [1.29, 1.82) is 0 Å². The second-order valence-electron chi connectivity index (χ2n) is 5.94. The van der Waals surface area contributed by atoms with Crippen molar-refractivity contribution in [3.8, 4) is 5.75 Å². The standard InChI is InChI=1S/C18H26O4/c1-3-4-8-15-9-11-16(12-10-15)21-18(17(19)22-20-2)13-6-5-7-14-18/h9-12H,3-8,13-14H2,1-2H3. The minimum Gasteiger partial charge on any atom is -0.475 e. The zero-order chi connectivity index (χ0) is 15.8. The predicted octanol–water partition coefficient (Wildman–Crippen LogP) is 4.22. The van der Waals surface area contributed by atoms with Gasteiger partial charge >= 0.3 is 5.97 Å². The molecule has 1 aromatic carbocycles. The second kappa shape index (κ2) is 8.18. The number of ether oxygens (including phenoxy) is 1. The molecule has 1 fully saturated rings. The molecule has 0 saturated heterocycles. The number of hydrogen-bond acceptors (Lipinski definition) is 4. The lowest BCUT2D eigenvalue weighted by Crippen LogP contribution is -2.47. The van der Waals surface area contributed by atoms with E-state index in [2.05, 4.69) is 23.9 Å². The fourth-order valence-corrected chi connectivity index (χ4v) is 2.95. The molecule has 0 N–H and O–H groups in total. The summed E-state index contributed by atoms with van der Waals surface area (Å²) in [5.74, 6) is 0.292. The Morgan fingerprint density at radius 2 is 1.82 bits per heavy atom. The van der Waals surface area contributed by atoms with Crippen molar-refractivity contribution in [3.05, 3.63) is 29.8 Å². The van der Waals surface area contributed by atoms with Crippen LogP contribution < -0.4 is 4.74 Å². The average Bonchev–Trinajstić information content (AvgIpc) is 2.55. The molecule has 0 aromatic heterocycles. The number of unbranched alkanes of at least 4 members (excludes halogenated alkanes) is 1. The van der Waals surface area contributed by atoms with Crippen LogP contribution in [0.15, 0.2) is 24.3 Å². The van der Waals surface area contributed by atoms with Crippen molar-refractivity contribution in [3.63, 3.8) is 0 Å². The summed E-state index contributed by atoms with van der Waals surface area (Å²) < 4.78 is 6.06. The molecule has 22 heavy (non-hydrogen) atoms. The summed E-state index contributed by atoms with van der Waals surface area (Å²) in [5, 5.41) is 0. The molecule has 0 aliphatic heterocycles. The van der Waals surface area contributed by atoms with Gasteiger partial charge in [-0.3, -0.25) is 4.89 Å². The molecule has 1 aromatic rings. The monoisotopic (exact) mass is 306 g/mol. The Bertz CT molecular complexity index is 460. The molecule has 0 unspecified atom stereocenters. The third-order valence-electron chi connectivity index (χ3n) is 4.25. The molecule has 2 rings (SSSR count). The van der Waals surface area contributed by atoms with Crippen LogP contribution in [0.25, 0.3) is 0 Å². The van der Waals surface area contributed by atoms with Crippen molar-refractivity contribution < 1.29 is 19.3 Å². The maximum atomic E-state index is 12.3. The van der Waals surface area contributed by atoms with E-state index >= 15 is 0 Å². The average molecular weight is 306 g/mol. The van der Waals surface area contributed by atoms with Crippen molar-refractivity contribution in [2.45, 2.75) is 63.9 Å². The maximum Gasteiger partial charge on any atom is 0.385 e. The Morgan fingerprint density at radius 1 is 1.14 bits per heavy atom. The van der Waals surface area contributed by atoms with Gasteiger partial charge in [0.2, 0.25) is 5.60 Å². The number of hydrogen-bond donors (Lipinski definition) is 0. The first kappa shape index (κ1) is 16.8. The first-order valence-corrected chi connectivity index (χ1v) is 8.23. The summed E-state index contributed by atoms with van der Waals surface area (Å²) in [5.41, 5.74) is 0.394. The van der Waals surface area contributed by atoms with Gasteiger partial charge in [0, 0.05) is 0 Å². The second-order valence-corrected chi connectivity index (χ2v) is 5.94. The molecule has 1 aliphatic carbocycles. The molecule has 0 bridgehead atoms. The van der Waals surface area contributed by atoms with Gasteiger partial charge in [-0.05, 0) is 56.2 Å². The summed E-state index contributed by atoms with van der Waals surface area (Å²) >= 11 is 0. The highest BCUT2D eigenvalue weighted by atomic mass is 17.2. The van der Waals surface area contributed by atoms with E-state index in [1.807, 2.05) is 12.1 Å². The molecule has 4 heteroatoms. The van der Waals surface area contributed by atoms with E-state index in [4.69, 9.17) is 9.62 Å². The van der Waals surface area contributed by atoms with E-state index in [0.717, 1.165) is 31.4 Å². The Morgan fingerprint density at radius 3 is 2.41 bits per heavy atom. The number of rotatable bonds is 7. The van der Waals surface area contributed by atoms with Gasteiger partial charge in [-0.25, -0.2) is 4.79 Å². The van der Waals surface area contributed by atoms with E-state index in [-0.39, 0.29) is 0 Å². The van der Waals surface area contributed by atoms with Crippen LogP contribution in [-0.2, 0) is 21.0 Å². The molecule has 0 radical (unpaired) electrons. The molecule has 1 aliphatic rings. The lowest BCUT2D eigenvalue weighted by molar-refractivity contribution is -0.269. The minimum atomic E-state index is -0.904. The molecule has 0 atom stereocenters. The Balaban J connectivity index is 2.08. The normalized spacial score (nSPS) is 17.0. The summed E-state index contributed by atoms with van der Waals surface area (Å²) in [6, 6.07) is 8.04. The van der Waals surface area contributed by atoms with E-state index in [1.165, 1.54) is 25.5 Å². The van der Waals surface area contributed by atoms with Gasteiger partial charge in [0.15, 0.2) is 0 Å². The highest BCUT2D eigenvalue weighted by Gasteiger charge is 2.44. The first-order chi connectivity index (χ1) is 10.7. The van der Waals surface area contributed by atoms with Crippen LogP contribution >= 0.6 is 0 Å². The van der Waals surface area contributed by atoms with Crippen LogP contribution in [0.3, 0.4) is 0 Å². The fraction of sp³-hybridized carbons (Fsp3) is 0.611. The van der Waals surface area contributed by atoms with Gasteiger partial charge in [0.1, 0.15) is 5.75 Å². The molecule has 4 nitrogen and oxygen atoms in total. The summed E-state index contributed by atoms with van der Waals surface area (Å²) in [7, 11) is 1.34. The minimum absolute atomic E-state index is 0.426. The molecule has 122 valence electrons. The van der Waals surface area contributed by atoms with Crippen molar-refractivity contribution >= 4 is 5.97 Å². The summed E-state index contributed by atoms with van der Waals surface area (Å²) in [4.78, 5) is 21.6. The number of carbonyl (C=O) groups excluding carboxylic acids is 1. The van der Waals surface area contributed by atoms with Crippen LogP contribution in [-0.4, -0.2) is 18.7 Å². The lowest BCUT2D eigenvalue weighted by Gasteiger charge is -2.34. The maximum absolute atomic E-state index is 12.3. The van der Waals surface area contributed by atoms with Gasteiger partial charge in [0.05, 0.1) is 7.11 Å². The Hall–Kier alpha value is -1.55. The predicted molar refractivity (Wildman–Crippen MR) is 84.6 cm³/mol. The largest absolute Gasteiger partial charge is 0.475 e. The lowest BCUT2D eigenvalue weighted by atomic mass is 9.84. The van der Waals surface area contributed by atoms with Crippen LogP contribution in [0, 0.1) is 0 Å². The fourth-order valence-electron chi connectivity index (χ4n) is 2.95. The molecular weight excluding hydrogens is 280 g/mol. The first-order valence-electron chi connectivity index (χ1n) is 8.23. The SMILES string of the molecule is CCCCc1ccc(OC2(C(=O)OOC)CCCCC2)cc1. The Labute approximate surface area is 132 Å². The van der Waals surface area contributed by atoms with E-state index in [9.17, 15) is 4.79 Å². The summed E-state index contributed by atoms with van der Waals surface area (Å²) in [6.07, 6.45) is 7.85. The number of benzene rings is 1. The van der Waals surface area contributed by atoms with Gasteiger partial charge in [-0.15, -0.1) is 0 Å². The Kier molecular flexibility index (Phi) is 6.25. The zero-order valence-corrected chi connectivity index (χ0v) is 13.6. The molecule has 0 amide bonds. The molecule has 0 heterocycles. The smallest absolute Gasteiger partial charge is 0.385 e. The zero-order valence-electron chi connectivity index (χ0n) is 13.6. The van der Waals surface area contributed by atoms with Gasteiger partial charge in [-0.2, -0.15) is 4.89 Å². The number of aryl methyl sites for hydroxylation is 1. The van der Waals surface area contributed by atoms with E-state index in [0.29, 0.717) is 12.8 Å². The quantitative estimate of drug-likeness (QED) is 0.559. The highest BCUT2D eigenvalue weighted by Crippen LogP contribution is 2.34. The van der Waals surface area contributed by atoms with Crippen molar-refractivity contribution in [1.82, 2.24) is 0 Å². The third-order valence-corrected chi connectivity index (χ3v) is 4.25. The topological polar surface area (TPSA) is 44.8 Å². The van der Waals surface area contributed by atoms with Crippen LogP contribution in [0.4, 0.5) is 0 Å². The van der Waals surface area contributed by atoms with Crippen LogP contribution in [0.5, 0.6) is 5.75 Å². The van der Waals surface area contributed by atoms with E-state index in [1.54, 1.807) is 0 Å². The summed E-state index contributed by atoms with van der Waals surface area (Å²) in [6.45, 7) is 2.19. The van der Waals surface area contributed by atoms with Crippen molar-refractivity contribution in [2.24, 2.45) is 0 Å². The van der Waals surface area contributed by atoms with Gasteiger partial charge in [-0.1, -0.05) is 31.9 Å². The van der Waals surface area contributed by atoms with Gasteiger partial charge < -0.3 is 4.74 Å². The van der Waals surface area contributed by atoms with Crippen LogP contribution in [0.2, 0.25) is 0 Å². The third kappa shape index (κ3) is 4.23. The van der Waals surface area contributed by atoms with Crippen molar-refractivity contribution in [2.75, 3.05) is 7.11 Å². The molecular formula is C18H26O4. The van der Waals surface area contributed by atoms with E-state index < -0.39 is 11.6 Å².